The van der Waals surface area contributed by atoms with E-state index in [2.05, 4.69) is 24.1 Å². The maximum atomic E-state index is 12.7. The van der Waals surface area contributed by atoms with E-state index in [9.17, 15) is 9.59 Å². The third-order valence-electron chi connectivity index (χ3n) is 5.65. The van der Waals surface area contributed by atoms with Crippen LogP contribution in [0.1, 0.15) is 49.5 Å². The largest absolute Gasteiger partial charge is 0.496 e. The lowest BCUT2D eigenvalue weighted by atomic mass is 9.92. The number of amides is 1. The van der Waals surface area contributed by atoms with Crippen LogP contribution in [-0.2, 0) is 16.0 Å². The quantitative estimate of drug-likeness (QED) is 0.622. The van der Waals surface area contributed by atoms with E-state index in [1.54, 1.807) is 25.3 Å². The molecule has 1 saturated heterocycles. The molecule has 6 nitrogen and oxygen atoms in total. The average molecular weight is 391 g/mol. The predicted molar refractivity (Wildman–Crippen MR) is 110 cm³/mol. The highest BCUT2D eigenvalue weighted by Crippen LogP contribution is 2.22. The van der Waals surface area contributed by atoms with Gasteiger partial charge < -0.3 is 14.8 Å². The Bertz CT molecular complexity index is 652. The molecule has 1 aliphatic heterocycles. The Kier molecular flexibility index (Phi) is 8.93. The van der Waals surface area contributed by atoms with Gasteiger partial charge in [0, 0.05) is 36.8 Å². The summed E-state index contributed by atoms with van der Waals surface area (Å²) in [6.45, 7) is 9.88. The topological polar surface area (TPSA) is 67.9 Å². The smallest absolute Gasteiger partial charge is 0.224 e. The number of ketones is 1. The zero-order valence-corrected chi connectivity index (χ0v) is 17.6. The van der Waals surface area contributed by atoms with E-state index in [4.69, 9.17) is 9.47 Å². The van der Waals surface area contributed by atoms with E-state index >= 15 is 0 Å². The van der Waals surface area contributed by atoms with Crippen LogP contribution < -0.4 is 10.1 Å². The number of carbonyl (C=O) groups is 2. The zero-order chi connectivity index (χ0) is 20.5. The second-order valence-corrected chi connectivity index (χ2v) is 7.36. The van der Waals surface area contributed by atoms with E-state index in [0.29, 0.717) is 29.8 Å². The molecule has 0 radical (unpaired) electrons. The van der Waals surface area contributed by atoms with Crippen molar-refractivity contribution in [3.05, 3.63) is 29.3 Å². The Labute approximate surface area is 168 Å². The Morgan fingerprint density at radius 3 is 2.46 bits per heavy atom. The molecule has 1 aliphatic rings. The van der Waals surface area contributed by atoms with Crippen LogP contribution in [-0.4, -0.2) is 62.6 Å². The highest BCUT2D eigenvalue weighted by molar-refractivity contribution is 5.94. The number of ether oxygens (including phenoxy) is 2. The number of benzene rings is 1. The molecule has 0 spiro atoms. The lowest BCUT2D eigenvalue weighted by Crippen LogP contribution is -2.52. The minimum absolute atomic E-state index is 0.0228. The molecule has 1 unspecified atom stereocenters. The van der Waals surface area contributed by atoms with Crippen LogP contribution in [0.5, 0.6) is 5.75 Å². The summed E-state index contributed by atoms with van der Waals surface area (Å²) in [6.07, 6.45) is 2.37. The van der Waals surface area contributed by atoms with Crippen LogP contribution >= 0.6 is 0 Å². The van der Waals surface area contributed by atoms with Gasteiger partial charge in [-0.05, 0) is 31.0 Å². The van der Waals surface area contributed by atoms with Gasteiger partial charge in [0.05, 0.1) is 26.7 Å². The first-order chi connectivity index (χ1) is 13.5. The van der Waals surface area contributed by atoms with Gasteiger partial charge in [-0.15, -0.1) is 0 Å². The van der Waals surface area contributed by atoms with Gasteiger partial charge in [-0.1, -0.05) is 26.7 Å². The maximum absolute atomic E-state index is 12.7. The van der Waals surface area contributed by atoms with Crippen molar-refractivity contribution in [3.63, 3.8) is 0 Å². The molecule has 0 aliphatic carbocycles. The van der Waals surface area contributed by atoms with E-state index in [1.807, 2.05) is 0 Å². The van der Waals surface area contributed by atoms with Crippen LogP contribution in [0.4, 0.5) is 0 Å². The summed E-state index contributed by atoms with van der Waals surface area (Å²) >= 11 is 0. The first kappa shape index (κ1) is 22.4. The zero-order valence-electron chi connectivity index (χ0n) is 17.6. The number of hydrogen-bond donors (Lipinski definition) is 1. The number of hydrogen-bond acceptors (Lipinski definition) is 5. The van der Waals surface area contributed by atoms with Crippen molar-refractivity contribution in [3.8, 4) is 5.75 Å². The molecule has 1 heterocycles. The molecule has 0 saturated carbocycles. The molecular weight excluding hydrogens is 356 g/mol. The lowest BCUT2D eigenvalue weighted by molar-refractivity contribution is -0.121. The molecule has 1 atom stereocenters. The maximum Gasteiger partial charge on any atom is 0.224 e. The first-order valence-electron chi connectivity index (χ1n) is 10.3. The molecule has 0 bridgehead atoms. The van der Waals surface area contributed by atoms with Gasteiger partial charge in [-0.2, -0.15) is 0 Å². The highest BCUT2D eigenvalue weighted by atomic mass is 16.5. The molecule has 1 aromatic carbocycles. The van der Waals surface area contributed by atoms with Gasteiger partial charge >= 0.3 is 0 Å². The summed E-state index contributed by atoms with van der Waals surface area (Å²) in [5.74, 6) is 1.09. The van der Waals surface area contributed by atoms with Gasteiger partial charge in [0.15, 0.2) is 5.78 Å². The number of Topliss-reactive ketones (excluding diaryl/α,β-unsaturated/α-hetero) is 1. The van der Waals surface area contributed by atoms with Crippen molar-refractivity contribution in [1.29, 1.82) is 0 Å². The Morgan fingerprint density at radius 1 is 1.21 bits per heavy atom. The van der Waals surface area contributed by atoms with Gasteiger partial charge in [0.1, 0.15) is 5.75 Å². The van der Waals surface area contributed by atoms with Crippen LogP contribution in [0.3, 0.4) is 0 Å². The standard InChI is InChI=1S/C22H34N2O4/c1-5-17(6-2)20(24-9-11-28-12-10-24)15-23-22(26)14-19-13-18(16(3)25)7-8-21(19)27-4/h7-8,13,17,20H,5-6,9-12,14-15H2,1-4H3,(H,23,26). The summed E-state index contributed by atoms with van der Waals surface area (Å²) < 4.78 is 10.8. The molecule has 1 N–H and O–H groups in total. The summed E-state index contributed by atoms with van der Waals surface area (Å²) in [6, 6.07) is 5.54. The molecule has 1 aromatic rings. The lowest BCUT2D eigenvalue weighted by Gasteiger charge is -2.38. The van der Waals surface area contributed by atoms with E-state index < -0.39 is 0 Å². The summed E-state index contributed by atoms with van der Waals surface area (Å²) in [5, 5.41) is 3.12. The van der Waals surface area contributed by atoms with Gasteiger partial charge in [-0.25, -0.2) is 0 Å². The molecule has 28 heavy (non-hydrogen) atoms. The van der Waals surface area contributed by atoms with E-state index in [1.165, 1.54) is 6.92 Å². The second-order valence-electron chi connectivity index (χ2n) is 7.36. The highest BCUT2D eigenvalue weighted by Gasteiger charge is 2.27. The van der Waals surface area contributed by atoms with Gasteiger partial charge in [0.25, 0.3) is 0 Å². The Hall–Kier alpha value is -1.92. The SMILES string of the molecule is CCC(CC)C(CNC(=O)Cc1cc(C(C)=O)ccc1OC)N1CCOCC1. The number of methoxy groups -OCH3 is 1. The number of rotatable bonds is 10. The molecule has 1 amide bonds. The molecule has 0 aromatic heterocycles. The fourth-order valence-corrected chi connectivity index (χ4v) is 3.93. The van der Waals surface area contributed by atoms with Crippen LogP contribution in [0, 0.1) is 5.92 Å². The summed E-state index contributed by atoms with van der Waals surface area (Å²) in [4.78, 5) is 26.8. The van der Waals surface area contributed by atoms with Crippen molar-refractivity contribution in [1.82, 2.24) is 10.2 Å². The minimum atomic E-state index is -0.0526. The molecule has 1 fully saturated rings. The van der Waals surface area contributed by atoms with Crippen molar-refractivity contribution in [2.24, 2.45) is 5.92 Å². The number of carbonyl (C=O) groups excluding carboxylic acids is 2. The van der Waals surface area contributed by atoms with Crippen molar-refractivity contribution in [2.45, 2.75) is 46.1 Å². The van der Waals surface area contributed by atoms with Gasteiger partial charge in [0.2, 0.25) is 5.91 Å². The van der Waals surface area contributed by atoms with E-state index in [0.717, 1.165) is 44.7 Å². The Morgan fingerprint density at radius 2 is 1.89 bits per heavy atom. The van der Waals surface area contributed by atoms with Crippen molar-refractivity contribution < 1.29 is 19.1 Å². The van der Waals surface area contributed by atoms with Gasteiger partial charge in [-0.3, -0.25) is 14.5 Å². The van der Waals surface area contributed by atoms with Crippen molar-refractivity contribution in [2.75, 3.05) is 40.0 Å². The first-order valence-corrected chi connectivity index (χ1v) is 10.3. The monoisotopic (exact) mass is 390 g/mol. The summed E-state index contributed by atoms with van der Waals surface area (Å²) in [5.41, 5.74) is 1.32. The molecular formula is C22H34N2O4. The predicted octanol–water partition coefficient (Wildman–Crippen LogP) is 2.69. The Balaban J connectivity index is 2.04. The minimum Gasteiger partial charge on any atom is -0.496 e. The van der Waals surface area contributed by atoms with E-state index in [-0.39, 0.29) is 18.1 Å². The number of morpholine rings is 1. The average Bonchev–Trinajstić information content (AvgIpc) is 2.71. The summed E-state index contributed by atoms with van der Waals surface area (Å²) in [7, 11) is 1.58. The molecule has 2 rings (SSSR count). The van der Waals surface area contributed by atoms with Crippen LogP contribution in [0.15, 0.2) is 18.2 Å². The third kappa shape index (κ3) is 6.04. The molecule has 6 heteroatoms. The second kappa shape index (κ2) is 11.2. The fourth-order valence-electron chi connectivity index (χ4n) is 3.93. The third-order valence-corrected chi connectivity index (χ3v) is 5.65. The van der Waals surface area contributed by atoms with Crippen molar-refractivity contribution >= 4 is 11.7 Å². The fraction of sp³-hybridized carbons (Fsp3) is 0.636. The molecule has 156 valence electrons. The van der Waals surface area contributed by atoms with Crippen LogP contribution in [0.2, 0.25) is 0 Å². The number of nitrogens with zero attached hydrogens (tertiary/aromatic N) is 1. The number of nitrogens with one attached hydrogen (secondary N) is 1. The van der Waals surface area contributed by atoms with Crippen LogP contribution in [0.25, 0.3) is 0 Å². The normalized spacial score (nSPS) is 16.0.